The van der Waals surface area contributed by atoms with Crippen molar-refractivity contribution < 1.29 is 9.18 Å². The molecule has 0 atom stereocenters. The summed E-state index contributed by atoms with van der Waals surface area (Å²) in [5.41, 5.74) is 2.39. The zero-order chi connectivity index (χ0) is 19.2. The molecule has 7 heteroatoms. The minimum atomic E-state index is -0.417. The lowest BCUT2D eigenvalue weighted by Gasteiger charge is -2.19. The molecule has 0 spiro atoms. The summed E-state index contributed by atoms with van der Waals surface area (Å²) in [7, 11) is 1.61. The van der Waals surface area contributed by atoms with E-state index in [1.165, 1.54) is 11.0 Å². The number of benzene rings is 2. The minimum absolute atomic E-state index is 0.107. The highest BCUT2D eigenvalue weighted by atomic mass is 35.5. The first kappa shape index (κ1) is 18.9. The molecule has 2 amide bonds. The zero-order valence-electron chi connectivity index (χ0n) is 14.9. The monoisotopic (exact) mass is 386 g/mol. The first-order valence-electron chi connectivity index (χ1n) is 8.55. The van der Waals surface area contributed by atoms with Crippen LogP contribution in [0.3, 0.4) is 0 Å². The van der Waals surface area contributed by atoms with E-state index in [4.69, 9.17) is 11.6 Å². The van der Waals surface area contributed by atoms with Crippen LogP contribution >= 0.6 is 11.6 Å². The number of urea groups is 1. The molecule has 0 bridgehead atoms. The molecule has 1 heterocycles. The summed E-state index contributed by atoms with van der Waals surface area (Å²) in [5.74, 6) is -0.417. The van der Waals surface area contributed by atoms with Crippen LogP contribution in [0.2, 0.25) is 5.02 Å². The van der Waals surface area contributed by atoms with Crippen molar-refractivity contribution >= 4 is 17.6 Å². The molecule has 3 aromatic rings. The first-order chi connectivity index (χ1) is 13.0. The molecule has 5 nitrogen and oxygen atoms in total. The second-order valence-electron chi connectivity index (χ2n) is 6.16. The lowest BCUT2D eigenvalue weighted by Crippen LogP contribution is -2.38. The molecule has 2 aromatic carbocycles. The largest absolute Gasteiger partial charge is 0.338 e. The van der Waals surface area contributed by atoms with Gasteiger partial charge in [-0.2, -0.15) is 5.10 Å². The highest BCUT2D eigenvalue weighted by Gasteiger charge is 2.13. The van der Waals surface area contributed by atoms with Crippen molar-refractivity contribution in [3.8, 4) is 5.69 Å². The number of hydrogen-bond donors (Lipinski definition) is 1. The number of amides is 2. The van der Waals surface area contributed by atoms with Gasteiger partial charge in [-0.25, -0.2) is 13.9 Å². The molecule has 1 aromatic heterocycles. The summed E-state index contributed by atoms with van der Waals surface area (Å²) < 4.78 is 15.6. The van der Waals surface area contributed by atoms with Crippen molar-refractivity contribution in [2.24, 2.45) is 0 Å². The summed E-state index contributed by atoms with van der Waals surface area (Å²) in [4.78, 5) is 13.6. The van der Waals surface area contributed by atoms with Crippen molar-refractivity contribution in [2.75, 3.05) is 13.6 Å². The van der Waals surface area contributed by atoms with Gasteiger partial charge in [-0.05, 0) is 42.3 Å². The van der Waals surface area contributed by atoms with Gasteiger partial charge in [-0.3, -0.25) is 0 Å². The van der Waals surface area contributed by atoms with Crippen molar-refractivity contribution in [3.05, 3.63) is 82.9 Å². The highest BCUT2D eigenvalue weighted by molar-refractivity contribution is 6.31. The van der Waals surface area contributed by atoms with Gasteiger partial charge in [0, 0.05) is 36.6 Å². The summed E-state index contributed by atoms with van der Waals surface area (Å²) in [6, 6.07) is 14.1. The second kappa shape index (κ2) is 8.68. The Hall–Kier alpha value is -2.86. The maximum atomic E-state index is 13.8. The summed E-state index contributed by atoms with van der Waals surface area (Å²) in [6.45, 7) is 0.588. The molecule has 1 N–H and O–H groups in total. The van der Waals surface area contributed by atoms with Gasteiger partial charge in [-0.1, -0.05) is 29.8 Å². The Kier molecular flexibility index (Phi) is 6.08. The van der Waals surface area contributed by atoms with E-state index < -0.39 is 5.82 Å². The number of aromatic nitrogens is 2. The third-order valence-corrected chi connectivity index (χ3v) is 4.55. The summed E-state index contributed by atoms with van der Waals surface area (Å²) >= 11 is 6.01. The summed E-state index contributed by atoms with van der Waals surface area (Å²) in [5, 5.41) is 7.33. The van der Waals surface area contributed by atoms with E-state index in [1.807, 2.05) is 36.5 Å². The predicted molar refractivity (Wildman–Crippen MR) is 104 cm³/mol. The van der Waals surface area contributed by atoms with Gasteiger partial charge >= 0.3 is 6.03 Å². The van der Waals surface area contributed by atoms with Crippen molar-refractivity contribution in [2.45, 2.75) is 13.0 Å². The quantitative estimate of drug-likeness (QED) is 0.694. The zero-order valence-corrected chi connectivity index (χ0v) is 15.7. The molecule has 0 unspecified atom stereocenters. The Balaban J connectivity index is 1.49. The van der Waals surface area contributed by atoms with E-state index in [2.05, 4.69) is 10.4 Å². The Morgan fingerprint density at radius 2 is 2.00 bits per heavy atom. The van der Waals surface area contributed by atoms with Gasteiger partial charge in [0.2, 0.25) is 0 Å². The molecular formula is C20H20ClFN4O. The van der Waals surface area contributed by atoms with Crippen molar-refractivity contribution in [1.82, 2.24) is 20.0 Å². The molecule has 3 rings (SSSR count). The number of nitrogens with one attached hydrogen (secondary N) is 1. The molecule has 0 aliphatic carbocycles. The van der Waals surface area contributed by atoms with E-state index in [1.54, 1.807) is 30.1 Å². The van der Waals surface area contributed by atoms with E-state index >= 15 is 0 Å². The Morgan fingerprint density at radius 3 is 2.67 bits per heavy atom. The Labute approximate surface area is 162 Å². The number of nitrogens with zero attached hydrogens (tertiary/aromatic N) is 3. The van der Waals surface area contributed by atoms with Crippen LogP contribution in [0, 0.1) is 5.82 Å². The average molecular weight is 387 g/mol. The molecule has 0 fully saturated rings. The number of carbonyl (C=O) groups excluding carboxylic acids is 1. The molecule has 0 radical (unpaired) electrons. The molecule has 140 valence electrons. The van der Waals surface area contributed by atoms with Gasteiger partial charge in [0.25, 0.3) is 0 Å². The van der Waals surface area contributed by atoms with Crippen LogP contribution in [0.5, 0.6) is 0 Å². The first-order valence-corrected chi connectivity index (χ1v) is 8.93. The van der Waals surface area contributed by atoms with Gasteiger partial charge < -0.3 is 10.2 Å². The Bertz CT molecular complexity index is 877. The third-order valence-electron chi connectivity index (χ3n) is 4.20. The lowest BCUT2D eigenvalue weighted by atomic mass is 10.1. The minimum Gasteiger partial charge on any atom is -0.338 e. The van der Waals surface area contributed by atoms with E-state index in [9.17, 15) is 9.18 Å². The number of halogens is 2. The summed E-state index contributed by atoms with van der Waals surface area (Å²) in [6.07, 6.45) is 4.31. The van der Waals surface area contributed by atoms with Crippen LogP contribution in [-0.2, 0) is 13.0 Å². The average Bonchev–Trinajstić information content (AvgIpc) is 3.20. The third kappa shape index (κ3) is 4.86. The fraction of sp³-hybridized carbons (Fsp3) is 0.200. The number of carbonyl (C=O) groups is 1. The molecule has 0 aliphatic rings. The van der Waals surface area contributed by atoms with Crippen LogP contribution in [-0.4, -0.2) is 34.3 Å². The normalized spacial score (nSPS) is 10.6. The maximum Gasteiger partial charge on any atom is 0.317 e. The van der Waals surface area contributed by atoms with Crippen molar-refractivity contribution in [1.29, 1.82) is 0 Å². The highest BCUT2D eigenvalue weighted by Crippen LogP contribution is 2.20. The smallest absolute Gasteiger partial charge is 0.317 e. The molecule has 27 heavy (non-hydrogen) atoms. The van der Waals surface area contributed by atoms with Crippen LogP contribution in [0.15, 0.2) is 60.9 Å². The molecule has 0 aliphatic heterocycles. The van der Waals surface area contributed by atoms with Crippen molar-refractivity contribution in [3.63, 3.8) is 0 Å². The van der Waals surface area contributed by atoms with E-state index in [0.29, 0.717) is 23.6 Å². The standard InChI is InChI=1S/C20H20ClFN4O/c1-25(14-17-18(21)4-2-5-19(17)22)20(27)23-12-10-15-6-8-16(9-7-15)26-13-3-11-24-26/h2-9,11,13H,10,12,14H2,1H3,(H,23,27). The molecule has 0 saturated heterocycles. The SMILES string of the molecule is CN(Cc1c(F)cccc1Cl)C(=O)NCCc1ccc(-n2cccn2)cc1. The van der Waals surface area contributed by atoms with Gasteiger partial charge in [0.1, 0.15) is 5.82 Å². The molecular weight excluding hydrogens is 367 g/mol. The van der Waals surface area contributed by atoms with Gasteiger partial charge in [0.15, 0.2) is 0 Å². The Morgan fingerprint density at radius 1 is 1.22 bits per heavy atom. The van der Waals surface area contributed by atoms with Gasteiger partial charge in [-0.15, -0.1) is 0 Å². The number of rotatable bonds is 6. The van der Waals surface area contributed by atoms with Gasteiger partial charge in [0.05, 0.1) is 12.2 Å². The fourth-order valence-electron chi connectivity index (χ4n) is 2.68. The lowest BCUT2D eigenvalue weighted by molar-refractivity contribution is 0.206. The predicted octanol–water partition coefficient (Wildman–Crippen LogP) is 4.05. The van der Waals surface area contributed by atoms with Crippen LogP contribution in [0.25, 0.3) is 5.69 Å². The number of hydrogen-bond acceptors (Lipinski definition) is 2. The second-order valence-corrected chi connectivity index (χ2v) is 6.56. The fourth-order valence-corrected chi connectivity index (χ4v) is 2.90. The molecule has 0 saturated carbocycles. The maximum absolute atomic E-state index is 13.8. The van der Waals surface area contributed by atoms with Crippen LogP contribution < -0.4 is 5.32 Å². The van der Waals surface area contributed by atoms with Crippen LogP contribution in [0.4, 0.5) is 9.18 Å². The van der Waals surface area contributed by atoms with E-state index in [-0.39, 0.29) is 12.6 Å². The van der Waals surface area contributed by atoms with E-state index in [0.717, 1.165) is 11.3 Å². The topological polar surface area (TPSA) is 50.2 Å². The van der Waals surface area contributed by atoms with Crippen LogP contribution in [0.1, 0.15) is 11.1 Å².